The fraction of sp³-hybridized carbons (Fsp3) is 0.467. The minimum absolute atomic E-state index is 1.24. The predicted molar refractivity (Wildman–Crippen MR) is 66.9 cm³/mol. The Balaban J connectivity index is 2.02. The highest BCUT2D eigenvalue weighted by molar-refractivity contribution is 5.59. The van der Waals surface area contributed by atoms with E-state index in [1.165, 1.54) is 49.7 Å². The first-order valence-electron chi connectivity index (χ1n) is 6.17. The van der Waals surface area contributed by atoms with Gasteiger partial charge in [-0.3, -0.25) is 0 Å². The van der Waals surface area contributed by atoms with Crippen LogP contribution in [0.25, 0.3) is 6.08 Å². The van der Waals surface area contributed by atoms with Crippen LogP contribution in [0.2, 0.25) is 0 Å². The van der Waals surface area contributed by atoms with Crippen LogP contribution in [0.1, 0.15) is 50.2 Å². The zero-order valence-electron chi connectivity index (χ0n) is 9.63. The maximum Gasteiger partial charge on any atom is -0.0225 e. The number of hydrogen-bond donors (Lipinski definition) is 0. The van der Waals surface area contributed by atoms with Crippen LogP contribution in [0.4, 0.5) is 0 Å². The SMILES string of the molecule is CCCCCC1=Cc2ccccc2CC1. The smallest absolute Gasteiger partial charge is 0.0225 e. The van der Waals surface area contributed by atoms with Gasteiger partial charge < -0.3 is 0 Å². The fourth-order valence-corrected chi connectivity index (χ4v) is 2.29. The van der Waals surface area contributed by atoms with Gasteiger partial charge in [-0.25, -0.2) is 0 Å². The molecule has 0 nitrogen and oxygen atoms in total. The average Bonchev–Trinajstić information content (AvgIpc) is 2.29. The number of allylic oxidation sites excluding steroid dienone is 1. The van der Waals surface area contributed by atoms with Crippen molar-refractivity contribution in [2.24, 2.45) is 0 Å². The van der Waals surface area contributed by atoms with E-state index >= 15 is 0 Å². The molecule has 0 saturated heterocycles. The molecule has 0 heterocycles. The first-order chi connectivity index (χ1) is 7.40. The molecular formula is C15H20. The third-order valence-corrected chi connectivity index (χ3v) is 3.23. The topological polar surface area (TPSA) is 0 Å². The van der Waals surface area contributed by atoms with Gasteiger partial charge in [-0.05, 0) is 36.8 Å². The normalized spacial score (nSPS) is 14.6. The molecule has 0 amide bonds. The lowest BCUT2D eigenvalue weighted by atomic mass is 9.90. The summed E-state index contributed by atoms with van der Waals surface area (Å²) < 4.78 is 0. The van der Waals surface area contributed by atoms with Crippen molar-refractivity contribution in [1.29, 1.82) is 0 Å². The van der Waals surface area contributed by atoms with Gasteiger partial charge in [0.15, 0.2) is 0 Å². The molecule has 1 aromatic rings. The van der Waals surface area contributed by atoms with Crippen LogP contribution in [0, 0.1) is 0 Å². The molecule has 0 aliphatic heterocycles. The van der Waals surface area contributed by atoms with E-state index < -0.39 is 0 Å². The van der Waals surface area contributed by atoms with Crippen LogP contribution in [0.3, 0.4) is 0 Å². The van der Waals surface area contributed by atoms with Crippen LogP contribution in [0.15, 0.2) is 29.8 Å². The monoisotopic (exact) mass is 200 g/mol. The number of hydrogen-bond acceptors (Lipinski definition) is 0. The quantitative estimate of drug-likeness (QED) is 0.623. The van der Waals surface area contributed by atoms with E-state index in [9.17, 15) is 0 Å². The third kappa shape index (κ3) is 2.71. The summed E-state index contributed by atoms with van der Waals surface area (Å²) in [6, 6.07) is 8.79. The minimum Gasteiger partial charge on any atom is -0.0693 e. The van der Waals surface area contributed by atoms with Crippen molar-refractivity contribution < 1.29 is 0 Å². The second-order valence-electron chi connectivity index (χ2n) is 4.46. The molecular weight excluding hydrogens is 180 g/mol. The zero-order chi connectivity index (χ0) is 10.5. The van der Waals surface area contributed by atoms with Gasteiger partial charge in [-0.1, -0.05) is 55.7 Å². The summed E-state index contributed by atoms with van der Waals surface area (Å²) in [5.41, 5.74) is 4.63. The van der Waals surface area contributed by atoms with Crippen LogP contribution in [0.5, 0.6) is 0 Å². The summed E-state index contributed by atoms with van der Waals surface area (Å²) >= 11 is 0. The van der Waals surface area contributed by atoms with Crippen LogP contribution < -0.4 is 0 Å². The number of rotatable bonds is 4. The molecule has 0 fully saturated rings. The Morgan fingerprint density at radius 1 is 1.07 bits per heavy atom. The Morgan fingerprint density at radius 2 is 1.93 bits per heavy atom. The molecule has 0 radical (unpaired) electrons. The van der Waals surface area contributed by atoms with E-state index in [0.29, 0.717) is 0 Å². The Labute approximate surface area is 93.0 Å². The highest BCUT2D eigenvalue weighted by atomic mass is 14.1. The molecule has 15 heavy (non-hydrogen) atoms. The number of benzene rings is 1. The molecule has 0 saturated carbocycles. The van der Waals surface area contributed by atoms with Crippen molar-refractivity contribution in [2.45, 2.75) is 45.4 Å². The molecule has 0 spiro atoms. The van der Waals surface area contributed by atoms with Gasteiger partial charge in [0.05, 0.1) is 0 Å². The lowest BCUT2D eigenvalue weighted by molar-refractivity contribution is 0.694. The number of fused-ring (bicyclic) bond motifs is 1. The largest absolute Gasteiger partial charge is 0.0693 e. The predicted octanol–water partition coefficient (Wildman–Crippen LogP) is 4.60. The summed E-state index contributed by atoms with van der Waals surface area (Å²) in [4.78, 5) is 0. The van der Waals surface area contributed by atoms with Crippen molar-refractivity contribution >= 4 is 6.08 Å². The van der Waals surface area contributed by atoms with Gasteiger partial charge in [0.25, 0.3) is 0 Å². The Kier molecular flexibility index (Phi) is 3.60. The lowest BCUT2D eigenvalue weighted by Crippen LogP contribution is -1.99. The molecule has 0 atom stereocenters. The molecule has 80 valence electrons. The summed E-state index contributed by atoms with van der Waals surface area (Å²) in [6.07, 6.45) is 10.3. The Hall–Kier alpha value is -1.04. The standard InChI is InChI=1S/C15H20/c1-2-3-4-7-13-10-11-14-8-5-6-9-15(14)12-13/h5-6,8-9,12H,2-4,7,10-11H2,1H3. The molecule has 2 rings (SSSR count). The maximum absolute atomic E-state index is 2.41. The number of aryl methyl sites for hydroxylation is 1. The van der Waals surface area contributed by atoms with Gasteiger partial charge in [0.1, 0.15) is 0 Å². The van der Waals surface area contributed by atoms with Crippen LogP contribution in [-0.2, 0) is 6.42 Å². The van der Waals surface area contributed by atoms with Crippen molar-refractivity contribution in [3.05, 3.63) is 41.0 Å². The Morgan fingerprint density at radius 3 is 2.80 bits per heavy atom. The van der Waals surface area contributed by atoms with E-state index in [0.717, 1.165) is 0 Å². The molecule has 0 aromatic heterocycles. The summed E-state index contributed by atoms with van der Waals surface area (Å²) in [5.74, 6) is 0. The molecule has 0 N–H and O–H groups in total. The maximum atomic E-state index is 2.41. The first kappa shape index (κ1) is 10.5. The van der Waals surface area contributed by atoms with Crippen molar-refractivity contribution in [2.75, 3.05) is 0 Å². The molecule has 1 aromatic carbocycles. The highest BCUT2D eigenvalue weighted by Gasteiger charge is 2.08. The van der Waals surface area contributed by atoms with Crippen LogP contribution in [-0.4, -0.2) is 0 Å². The van der Waals surface area contributed by atoms with E-state index in [4.69, 9.17) is 0 Å². The average molecular weight is 200 g/mol. The van der Waals surface area contributed by atoms with Gasteiger partial charge in [-0.2, -0.15) is 0 Å². The minimum atomic E-state index is 1.24. The molecule has 0 heteroatoms. The second kappa shape index (κ2) is 5.16. The van der Waals surface area contributed by atoms with E-state index in [2.05, 4.69) is 37.3 Å². The van der Waals surface area contributed by atoms with Gasteiger partial charge in [0.2, 0.25) is 0 Å². The fourth-order valence-electron chi connectivity index (χ4n) is 2.29. The first-order valence-corrected chi connectivity index (χ1v) is 6.17. The lowest BCUT2D eigenvalue weighted by Gasteiger charge is -2.16. The van der Waals surface area contributed by atoms with Crippen molar-refractivity contribution in [3.63, 3.8) is 0 Å². The van der Waals surface area contributed by atoms with Crippen molar-refractivity contribution in [3.8, 4) is 0 Å². The highest BCUT2D eigenvalue weighted by Crippen LogP contribution is 2.26. The van der Waals surface area contributed by atoms with Crippen LogP contribution >= 0.6 is 0 Å². The van der Waals surface area contributed by atoms with Crippen molar-refractivity contribution in [1.82, 2.24) is 0 Å². The molecule has 1 aliphatic carbocycles. The van der Waals surface area contributed by atoms with E-state index in [1.807, 2.05) is 0 Å². The molecule has 0 unspecified atom stereocenters. The van der Waals surface area contributed by atoms with Gasteiger partial charge >= 0.3 is 0 Å². The zero-order valence-corrected chi connectivity index (χ0v) is 9.63. The molecule has 1 aliphatic rings. The van der Waals surface area contributed by atoms with E-state index in [1.54, 1.807) is 5.57 Å². The third-order valence-electron chi connectivity index (χ3n) is 3.23. The number of unbranched alkanes of at least 4 members (excludes halogenated alkanes) is 2. The summed E-state index contributed by atoms with van der Waals surface area (Å²) in [7, 11) is 0. The second-order valence-corrected chi connectivity index (χ2v) is 4.46. The van der Waals surface area contributed by atoms with E-state index in [-0.39, 0.29) is 0 Å². The van der Waals surface area contributed by atoms with Gasteiger partial charge in [0, 0.05) is 0 Å². The summed E-state index contributed by atoms with van der Waals surface area (Å²) in [5, 5.41) is 0. The summed E-state index contributed by atoms with van der Waals surface area (Å²) in [6.45, 7) is 2.27. The van der Waals surface area contributed by atoms with Gasteiger partial charge in [-0.15, -0.1) is 0 Å². The molecule has 0 bridgehead atoms. The Bertz CT molecular complexity index is 347.